The van der Waals surface area contributed by atoms with Gasteiger partial charge >= 0.3 is 5.97 Å². The Labute approximate surface area is 55.2 Å². The highest BCUT2D eigenvalue weighted by molar-refractivity contribution is 5.68. The fraction of sp³-hybridized carbons (Fsp3) is 0.571. The van der Waals surface area contributed by atoms with Crippen LogP contribution >= 0.6 is 0 Å². The van der Waals surface area contributed by atoms with E-state index in [2.05, 4.69) is 0 Å². The zero-order chi connectivity index (χ0) is 7.28. The maximum Gasteiger partial charge on any atom is 0.359 e. The standard InChI is InChI=1S/C7H11O2/c1-6(2)4-3-5-7(8)9/h3-4,6H,5H2,1-2H3. The molecular formula is C7H11O2. The maximum absolute atomic E-state index is 9.82. The third-order valence-electron chi connectivity index (χ3n) is 0.806. The van der Waals surface area contributed by atoms with Gasteiger partial charge in [-0.2, -0.15) is 0 Å². The molecule has 51 valence electrons. The zero-order valence-corrected chi connectivity index (χ0v) is 5.76. The van der Waals surface area contributed by atoms with Crippen LogP contribution in [-0.2, 0) is 9.90 Å². The molecule has 2 nitrogen and oxygen atoms in total. The van der Waals surface area contributed by atoms with Crippen LogP contribution in [0.2, 0.25) is 0 Å². The molecule has 0 atom stereocenters. The smallest absolute Gasteiger partial charge is 0.247 e. The summed E-state index contributed by atoms with van der Waals surface area (Å²) in [7, 11) is 0. The SMILES string of the molecule is CC(C)C=CCC([O])=O. The Bertz CT molecular complexity index is 114. The lowest BCUT2D eigenvalue weighted by molar-refractivity contribution is -0.142. The first-order chi connectivity index (χ1) is 4.13. The van der Waals surface area contributed by atoms with Gasteiger partial charge in [0.1, 0.15) is 0 Å². The fourth-order valence-electron chi connectivity index (χ4n) is 0.436. The summed E-state index contributed by atoms with van der Waals surface area (Å²) in [6.07, 6.45) is 3.48. The van der Waals surface area contributed by atoms with E-state index in [0.29, 0.717) is 5.92 Å². The zero-order valence-electron chi connectivity index (χ0n) is 5.76. The first-order valence-electron chi connectivity index (χ1n) is 2.99. The Morgan fingerprint density at radius 3 is 2.44 bits per heavy atom. The molecule has 0 saturated heterocycles. The van der Waals surface area contributed by atoms with Gasteiger partial charge in [0.15, 0.2) is 0 Å². The second-order valence-corrected chi connectivity index (χ2v) is 2.25. The van der Waals surface area contributed by atoms with Crippen LogP contribution in [-0.4, -0.2) is 5.97 Å². The van der Waals surface area contributed by atoms with Gasteiger partial charge in [-0.1, -0.05) is 26.0 Å². The average Bonchev–Trinajstić information content (AvgIpc) is 1.63. The molecule has 0 bridgehead atoms. The van der Waals surface area contributed by atoms with Gasteiger partial charge in [0.05, 0.1) is 6.42 Å². The Morgan fingerprint density at radius 1 is 1.56 bits per heavy atom. The van der Waals surface area contributed by atoms with Crippen molar-refractivity contribution in [1.82, 2.24) is 0 Å². The molecule has 0 aromatic rings. The number of hydrogen-bond donors (Lipinski definition) is 0. The van der Waals surface area contributed by atoms with Crippen LogP contribution in [0, 0.1) is 5.92 Å². The molecule has 0 aromatic heterocycles. The van der Waals surface area contributed by atoms with E-state index in [0.717, 1.165) is 0 Å². The van der Waals surface area contributed by atoms with Crippen LogP contribution in [0.1, 0.15) is 20.3 Å². The van der Waals surface area contributed by atoms with Gasteiger partial charge in [0, 0.05) is 0 Å². The van der Waals surface area contributed by atoms with E-state index in [1.54, 1.807) is 6.08 Å². The minimum absolute atomic E-state index is 0.0260. The van der Waals surface area contributed by atoms with Crippen molar-refractivity contribution in [2.24, 2.45) is 5.92 Å². The van der Waals surface area contributed by atoms with Crippen molar-refractivity contribution in [1.29, 1.82) is 0 Å². The molecule has 0 aliphatic carbocycles. The Morgan fingerprint density at radius 2 is 2.11 bits per heavy atom. The second kappa shape index (κ2) is 4.13. The first kappa shape index (κ1) is 8.21. The average molecular weight is 127 g/mol. The second-order valence-electron chi connectivity index (χ2n) is 2.25. The Balaban J connectivity index is 3.36. The summed E-state index contributed by atoms with van der Waals surface area (Å²) in [5.41, 5.74) is 0. The van der Waals surface area contributed by atoms with E-state index in [1.165, 1.54) is 0 Å². The summed E-state index contributed by atoms with van der Waals surface area (Å²) < 4.78 is 0. The van der Waals surface area contributed by atoms with Crippen molar-refractivity contribution in [2.45, 2.75) is 20.3 Å². The van der Waals surface area contributed by atoms with Crippen molar-refractivity contribution in [3.63, 3.8) is 0 Å². The van der Waals surface area contributed by atoms with Crippen LogP contribution in [0.3, 0.4) is 0 Å². The van der Waals surface area contributed by atoms with E-state index < -0.39 is 5.97 Å². The number of allylic oxidation sites excluding steroid dienone is 1. The summed E-state index contributed by atoms with van der Waals surface area (Å²) in [6, 6.07) is 0. The van der Waals surface area contributed by atoms with Gasteiger partial charge in [-0.25, -0.2) is 9.90 Å². The summed E-state index contributed by atoms with van der Waals surface area (Å²) in [4.78, 5) is 9.82. The molecule has 0 aromatic carbocycles. The van der Waals surface area contributed by atoms with E-state index in [4.69, 9.17) is 0 Å². The highest BCUT2D eigenvalue weighted by atomic mass is 16.4. The number of carbonyl (C=O) groups is 1. The van der Waals surface area contributed by atoms with Crippen LogP contribution in [0.5, 0.6) is 0 Å². The minimum atomic E-state index is -1.02. The highest BCUT2D eigenvalue weighted by Gasteiger charge is 1.92. The van der Waals surface area contributed by atoms with Gasteiger partial charge in [-0.15, -0.1) is 0 Å². The lowest BCUT2D eigenvalue weighted by atomic mass is 10.2. The number of carbonyl (C=O) groups excluding carboxylic acids is 1. The molecule has 0 amide bonds. The molecule has 9 heavy (non-hydrogen) atoms. The third-order valence-corrected chi connectivity index (χ3v) is 0.806. The molecule has 0 heterocycles. The molecule has 1 radical (unpaired) electrons. The third kappa shape index (κ3) is 7.21. The fourth-order valence-corrected chi connectivity index (χ4v) is 0.436. The van der Waals surface area contributed by atoms with E-state index >= 15 is 0 Å². The normalized spacial score (nSPS) is 11.0. The topological polar surface area (TPSA) is 37.0 Å². The van der Waals surface area contributed by atoms with Gasteiger partial charge in [-0.05, 0) is 5.92 Å². The lowest BCUT2D eigenvalue weighted by Gasteiger charge is -1.89. The van der Waals surface area contributed by atoms with Crippen LogP contribution < -0.4 is 0 Å². The highest BCUT2D eigenvalue weighted by Crippen LogP contribution is 1.94. The molecule has 0 spiro atoms. The van der Waals surface area contributed by atoms with E-state index in [9.17, 15) is 9.90 Å². The molecule has 0 aliphatic heterocycles. The molecule has 0 rings (SSSR count). The van der Waals surface area contributed by atoms with Crippen molar-refractivity contribution in [2.75, 3.05) is 0 Å². The Kier molecular flexibility index (Phi) is 3.76. The number of rotatable bonds is 3. The van der Waals surface area contributed by atoms with E-state index in [1.807, 2.05) is 19.9 Å². The van der Waals surface area contributed by atoms with Gasteiger partial charge in [0.2, 0.25) is 0 Å². The van der Waals surface area contributed by atoms with Crippen molar-refractivity contribution >= 4 is 5.97 Å². The molecule has 0 N–H and O–H groups in total. The van der Waals surface area contributed by atoms with Crippen molar-refractivity contribution in [3.8, 4) is 0 Å². The van der Waals surface area contributed by atoms with Crippen LogP contribution in [0.25, 0.3) is 0 Å². The van der Waals surface area contributed by atoms with Gasteiger partial charge < -0.3 is 0 Å². The summed E-state index contributed by atoms with van der Waals surface area (Å²) in [5, 5.41) is 9.82. The van der Waals surface area contributed by atoms with Crippen molar-refractivity contribution < 1.29 is 9.90 Å². The largest absolute Gasteiger partial charge is 0.359 e. The molecule has 0 fully saturated rings. The summed E-state index contributed by atoms with van der Waals surface area (Å²) in [6.45, 7) is 3.98. The molecule has 2 heteroatoms. The molecule has 0 unspecified atom stereocenters. The minimum Gasteiger partial charge on any atom is -0.247 e. The first-order valence-corrected chi connectivity index (χ1v) is 2.99. The Hall–Kier alpha value is -0.790. The number of hydrogen-bond acceptors (Lipinski definition) is 1. The predicted octanol–water partition coefficient (Wildman–Crippen LogP) is 1.55. The predicted molar refractivity (Wildman–Crippen MR) is 34.3 cm³/mol. The maximum atomic E-state index is 9.82. The summed E-state index contributed by atoms with van der Waals surface area (Å²) >= 11 is 0. The molecule has 0 aliphatic rings. The quantitative estimate of drug-likeness (QED) is 0.530. The lowest BCUT2D eigenvalue weighted by Crippen LogP contribution is -1.88. The monoisotopic (exact) mass is 127 g/mol. The van der Waals surface area contributed by atoms with Gasteiger partial charge in [0.25, 0.3) is 0 Å². The van der Waals surface area contributed by atoms with Crippen LogP contribution in [0.4, 0.5) is 0 Å². The van der Waals surface area contributed by atoms with Gasteiger partial charge in [-0.3, -0.25) is 0 Å². The van der Waals surface area contributed by atoms with Crippen molar-refractivity contribution in [3.05, 3.63) is 12.2 Å². The molecular weight excluding hydrogens is 116 g/mol. The summed E-state index contributed by atoms with van der Waals surface area (Å²) in [5.74, 6) is -0.601. The molecule has 0 saturated carbocycles. The van der Waals surface area contributed by atoms with Crippen LogP contribution in [0.15, 0.2) is 12.2 Å². The van der Waals surface area contributed by atoms with E-state index in [-0.39, 0.29) is 6.42 Å².